The van der Waals surface area contributed by atoms with E-state index in [0.717, 1.165) is 5.56 Å². The van der Waals surface area contributed by atoms with E-state index in [1.54, 1.807) is 12.1 Å². The maximum absolute atomic E-state index is 12.8. The van der Waals surface area contributed by atoms with Gasteiger partial charge in [0.25, 0.3) is 0 Å². The molecule has 6 nitrogen and oxygen atoms in total. The summed E-state index contributed by atoms with van der Waals surface area (Å²) in [6, 6.07) is 6.18. The molecule has 0 unspecified atom stereocenters. The Balaban J connectivity index is 1.44. The molecular weight excluding hydrogens is 315 g/mol. The lowest BCUT2D eigenvalue weighted by Crippen LogP contribution is -2.41. The number of amides is 1. The number of halogens is 1. The summed E-state index contributed by atoms with van der Waals surface area (Å²) in [7, 11) is 0. The zero-order valence-electron chi connectivity index (χ0n) is 13.3. The van der Waals surface area contributed by atoms with Gasteiger partial charge in [-0.1, -0.05) is 12.1 Å². The summed E-state index contributed by atoms with van der Waals surface area (Å²) in [6.07, 6.45) is 0.627. The lowest BCUT2D eigenvalue weighted by atomic mass is 9.81. The number of carboxylic acid groups (broad SMARTS) is 1. The first kappa shape index (κ1) is 16.9. The number of ether oxygens (including phenoxy) is 1. The van der Waals surface area contributed by atoms with E-state index in [2.05, 4.69) is 5.32 Å². The van der Waals surface area contributed by atoms with Crippen LogP contribution in [0.15, 0.2) is 24.3 Å². The highest BCUT2D eigenvalue weighted by Gasteiger charge is 2.56. The number of aliphatic carboxylic acids is 1. The fraction of sp³-hybridized carbons (Fsp3) is 0.529. The Morgan fingerprint density at radius 2 is 2.12 bits per heavy atom. The number of nitrogens with one attached hydrogen (secondary N) is 1. The van der Waals surface area contributed by atoms with Gasteiger partial charge >= 0.3 is 5.97 Å². The van der Waals surface area contributed by atoms with Crippen LogP contribution >= 0.6 is 0 Å². The number of carbonyl (C=O) groups excluding carboxylic acids is 1. The quantitative estimate of drug-likeness (QED) is 0.792. The van der Waals surface area contributed by atoms with Crippen LogP contribution in [0.3, 0.4) is 0 Å². The number of rotatable bonds is 6. The molecule has 1 aromatic rings. The normalized spacial score (nSPS) is 26.3. The van der Waals surface area contributed by atoms with Crippen molar-refractivity contribution in [2.24, 2.45) is 11.3 Å². The van der Waals surface area contributed by atoms with Crippen LogP contribution in [0, 0.1) is 17.2 Å². The van der Waals surface area contributed by atoms with E-state index < -0.39 is 11.4 Å². The van der Waals surface area contributed by atoms with Gasteiger partial charge in [0, 0.05) is 25.6 Å². The molecule has 2 atom stereocenters. The number of hydrogen-bond donors (Lipinski definition) is 2. The minimum Gasteiger partial charge on any atom is -0.481 e. The first-order valence-electron chi connectivity index (χ1n) is 8.04. The Morgan fingerprint density at radius 1 is 1.38 bits per heavy atom. The molecule has 0 aliphatic carbocycles. The monoisotopic (exact) mass is 336 g/mol. The predicted octanol–water partition coefficient (Wildman–Crippen LogP) is 0.517. The van der Waals surface area contributed by atoms with Crippen molar-refractivity contribution in [1.29, 1.82) is 0 Å². The Kier molecular flexibility index (Phi) is 4.82. The number of fused-ring (bicyclic) bond motifs is 1. The van der Waals surface area contributed by atoms with E-state index in [9.17, 15) is 19.1 Å². The third-order valence-electron chi connectivity index (χ3n) is 4.89. The molecule has 0 saturated carbocycles. The molecule has 0 radical (unpaired) electrons. The van der Waals surface area contributed by atoms with Crippen molar-refractivity contribution in [3.8, 4) is 0 Å². The standard InChI is InChI=1S/C17H21FN2O4/c18-14-3-1-12(2-4-14)5-6-19-15(21)8-20-7-13-9-24-11-17(13,10-20)16(22)23/h1-4,13H,5-11H2,(H,19,21)(H,22,23)/t13-,17-/m1/s1. The highest BCUT2D eigenvalue weighted by molar-refractivity contribution is 5.79. The molecule has 7 heteroatoms. The summed E-state index contributed by atoms with van der Waals surface area (Å²) in [5.41, 5.74) is 0.0865. The number of likely N-dealkylation sites (tertiary alicyclic amines) is 1. The van der Waals surface area contributed by atoms with Crippen molar-refractivity contribution < 1.29 is 23.8 Å². The van der Waals surface area contributed by atoms with Gasteiger partial charge in [-0.3, -0.25) is 14.5 Å². The lowest BCUT2D eigenvalue weighted by Gasteiger charge is -2.21. The average molecular weight is 336 g/mol. The number of hydrogen-bond acceptors (Lipinski definition) is 4. The first-order chi connectivity index (χ1) is 11.5. The van der Waals surface area contributed by atoms with Gasteiger partial charge in [-0.2, -0.15) is 0 Å². The van der Waals surface area contributed by atoms with Crippen LogP contribution in [0.1, 0.15) is 5.56 Å². The van der Waals surface area contributed by atoms with Gasteiger partial charge in [-0.15, -0.1) is 0 Å². The van der Waals surface area contributed by atoms with Crippen molar-refractivity contribution in [2.45, 2.75) is 6.42 Å². The van der Waals surface area contributed by atoms with E-state index in [1.807, 2.05) is 4.90 Å². The summed E-state index contributed by atoms with van der Waals surface area (Å²) in [5.74, 6) is -1.30. The smallest absolute Gasteiger partial charge is 0.313 e. The molecule has 130 valence electrons. The van der Waals surface area contributed by atoms with Crippen LogP contribution in [0.5, 0.6) is 0 Å². The van der Waals surface area contributed by atoms with Gasteiger partial charge in [0.05, 0.1) is 19.8 Å². The largest absolute Gasteiger partial charge is 0.481 e. The van der Waals surface area contributed by atoms with Gasteiger partial charge in [0.1, 0.15) is 11.2 Å². The van der Waals surface area contributed by atoms with Crippen molar-refractivity contribution >= 4 is 11.9 Å². The molecule has 1 aromatic carbocycles. The van der Waals surface area contributed by atoms with Crippen molar-refractivity contribution in [3.05, 3.63) is 35.6 Å². The number of carbonyl (C=O) groups is 2. The SMILES string of the molecule is O=C(CN1C[C@@H]2COC[C@]2(C(=O)O)C1)NCCc1ccc(F)cc1. The molecular formula is C17H21FN2O4. The molecule has 2 aliphatic rings. The molecule has 1 amide bonds. The predicted molar refractivity (Wildman–Crippen MR) is 83.9 cm³/mol. The fourth-order valence-corrected chi connectivity index (χ4v) is 3.52. The molecule has 2 N–H and O–H groups in total. The second kappa shape index (κ2) is 6.86. The summed E-state index contributed by atoms with van der Waals surface area (Å²) < 4.78 is 18.1. The van der Waals surface area contributed by atoms with Gasteiger partial charge < -0.3 is 15.2 Å². The Labute approximate surface area is 139 Å². The van der Waals surface area contributed by atoms with Crippen molar-refractivity contribution in [3.63, 3.8) is 0 Å². The van der Waals surface area contributed by atoms with Crippen LogP contribution in [0.4, 0.5) is 4.39 Å². The first-order valence-corrected chi connectivity index (χ1v) is 8.04. The van der Waals surface area contributed by atoms with E-state index in [4.69, 9.17) is 4.74 Å². The van der Waals surface area contributed by atoms with E-state index in [0.29, 0.717) is 32.7 Å². The number of benzene rings is 1. The molecule has 0 spiro atoms. The second-order valence-electron chi connectivity index (χ2n) is 6.57. The molecule has 0 bridgehead atoms. The van der Waals surface area contributed by atoms with Crippen molar-refractivity contribution in [2.75, 3.05) is 39.4 Å². The van der Waals surface area contributed by atoms with Crippen LogP contribution in [0.25, 0.3) is 0 Å². The van der Waals surface area contributed by atoms with Crippen LogP contribution in [-0.4, -0.2) is 61.3 Å². The van der Waals surface area contributed by atoms with E-state index in [1.165, 1.54) is 12.1 Å². The van der Waals surface area contributed by atoms with Gasteiger partial charge in [-0.25, -0.2) is 4.39 Å². The molecule has 0 aromatic heterocycles. The highest BCUT2D eigenvalue weighted by Crippen LogP contribution is 2.41. The summed E-state index contributed by atoms with van der Waals surface area (Å²) >= 11 is 0. The molecule has 3 rings (SSSR count). The molecule has 2 fully saturated rings. The number of nitrogens with zero attached hydrogens (tertiary/aromatic N) is 1. The van der Waals surface area contributed by atoms with Gasteiger partial charge in [0.2, 0.25) is 5.91 Å². The maximum atomic E-state index is 12.8. The fourth-order valence-electron chi connectivity index (χ4n) is 3.52. The van der Waals surface area contributed by atoms with Crippen LogP contribution in [0.2, 0.25) is 0 Å². The lowest BCUT2D eigenvalue weighted by molar-refractivity contribution is -0.149. The van der Waals surface area contributed by atoms with E-state index in [-0.39, 0.29) is 30.8 Å². The molecule has 2 heterocycles. The molecule has 24 heavy (non-hydrogen) atoms. The topological polar surface area (TPSA) is 78.9 Å². The minimum atomic E-state index is -0.867. The zero-order valence-corrected chi connectivity index (χ0v) is 13.3. The Morgan fingerprint density at radius 3 is 2.79 bits per heavy atom. The van der Waals surface area contributed by atoms with Crippen LogP contribution in [-0.2, 0) is 20.7 Å². The summed E-state index contributed by atoms with van der Waals surface area (Å²) in [4.78, 5) is 25.5. The average Bonchev–Trinajstić information content (AvgIpc) is 3.07. The highest BCUT2D eigenvalue weighted by atomic mass is 19.1. The number of carboxylic acids is 1. The van der Waals surface area contributed by atoms with Crippen LogP contribution < -0.4 is 5.32 Å². The third-order valence-corrected chi connectivity index (χ3v) is 4.89. The molecule has 2 saturated heterocycles. The summed E-state index contributed by atoms with van der Waals surface area (Å²) in [5, 5.41) is 12.3. The van der Waals surface area contributed by atoms with E-state index >= 15 is 0 Å². The summed E-state index contributed by atoms with van der Waals surface area (Å²) in [6.45, 7) is 2.23. The van der Waals surface area contributed by atoms with Crippen molar-refractivity contribution in [1.82, 2.24) is 10.2 Å². The zero-order chi connectivity index (χ0) is 17.2. The second-order valence-corrected chi connectivity index (χ2v) is 6.57. The maximum Gasteiger partial charge on any atom is 0.313 e. The minimum absolute atomic E-state index is 0.0537. The van der Waals surface area contributed by atoms with Gasteiger partial charge in [-0.05, 0) is 24.1 Å². The Hall–Kier alpha value is -1.99. The molecule has 2 aliphatic heterocycles. The third kappa shape index (κ3) is 3.42. The van der Waals surface area contributed by atoms with Gasteiger partial charge in [0.15, 0.2) is 0 Å². The Bertz CT molecular complexity index is 622.